The molecule has 56 valence electrons. The molecule has 0 atom stereocenters. The number of hydrogen-bond donors (Lipinski definition) is 0. The number of aromatic nitrogens is 1. The molecule has 0 saturated heterocycles. The summed E-state index contributed by atoms with van der Waals surface area (Å²) in [6.07, 6.45) is 4.21. The van der Waals surface area contributed by atoms with Crippen molar-refractivity contribution in [3.8, 4) is 0 Å². The van der Waals surface area contributed by atoms with Crippen LogP contribution in [-0.2, 0) is 7.05 Å². The molecule has 0 saturated carbocycles. The second-order valence-corrected chi connectivity index (χ2v) is 2.56. The molecule has 0 radical (unpaired) electrons. The van der Waals surface area contributed by atoms with E-state index in [0.29, 0.717) is 0 Å². The van der Waals surface area contributed by atoms with Crippen LogP contribution in [0.4, 0.5) is 0 Å². The first-order chi connectivity index (χ1) is 4.18. The van der Waals surface area contributed by atoms with Crippen LogP contribution in [0.25, 0.3) is 0 Å². The third kappa shape index (κ3) is 2.64. The van der Waals surface area contributed by atoms with E-state index in [1.807, 2.05) is 7.05 Å². The van der Waals surface area contributed by atoms with Gasteiger partial charge in [-0.2, -0.15) is 0 Å². The van der Waals surface area contributed by atoms with Gasteiger partial charge in [0, 0.05) is 11.1 Å². The Balaban J connectivity index is 0.000000810. The van der Waals surface area contributed by atoms with Crippen molar-refractivity contribution < 1.29 is 28.5 Å². The Morgan fingerprint density at radius 1 is 1.10 bits per heavy atom. The maximum atomic E-state index is 2.17. The minimum absolute atomic E-state index is 0. The number of nitrogens with zero attached hydrogens (tertiary/aromatic N) is 1. The Morgan fingerprint density at radius 3 is 1.80 bits per heavy atom. The summed E-state index contributed by atoms with van der Waals surface area (Å²) in [6.45, 7) is 4.21. The van der Waals surface area contributed by atoms with E-state index >= 15 is 0 Å². The molecule has 1 heterocycles. The van der Waals surface area contributed by atoms with Gasteiger partial charge in [-0.05, 0) is 19.9 Å². The first-order valence-electron chi connectivity index (χ1n) is 3.12. The summed E-state index contributed by atoms with van der Waals surface area (Å²) in [6, 6.07) is 2.17. The zero-order chi connectivity index (χ0) is 6.85. The van der Waals surface area contributed by atoms with Crippen LogP contribution in [0.5, 0.6) is 0 Å². The van der Waals surface area contributed by atoms with E-state index in [2.05, 4.69) is 36.9 Å². The molecule has 0 fully saturated rings. The Bertz CT molecular complexity index is 170. The average molecular weight is 249 g/mol. The molecule has 0 aliphatic carbocycles. The van der Waals surface area contributed by atoms with E-state index in [-0.39, 0.29) is 24.0 Å². The van der Waals surface area contributed by atoms with Crippen molar-refractivity contribution in [2.24, 2.45) is 7.05 Å². The highest BCUT2D eigenvalue weighted by atomic mass is 127. The van der Waals surface area contributed by atoms with E-state index in [1.165, 1.54) is 11.1 Å². The van der Waals surface area contributed by atoms with Crippen LogP contribution >= 0.6 is 0 Å². The predicted octanol–water partition coefficient (Wildman–Crippen LogP) is -1.87. The number of aryl methyl sites for hydroxylation is 3. The van der Waals surface area contributed by atoms with E-state index in [0.717, 1.165) is 0 Å². The fraction of sp³-hybridized carbons (Fsp3) is 0.375. The molecular weight excluding hydrogens is 237 g/mol. The van der Waals surface area contributed by atoms with Gasteiger partial charge in [0.1, 0.15) is 7.05 Å². The maximum absolute atomic E-state index is 2.17. The van der Waals surface area contributed by atoms with E-state index in [4.69, 9.17) is 0 Å². The molecule has 1 aromatic heterocycles. The molecule has 0 aliphatic rings. The molecule has 1 nitrogen and oxygen atoms in total. The number of pyridine rings is 1. The van der Waals surface area contributed by atoms with Crippen molar-refractivity contribution in [3.05, 3.63) is 29.6 Å². The van der Waals surface area contributed by atoms with Gasteiger partial charge in [-0.25, -0.2) is 4.57 Å². The standard InChI is InChI=1S/C8H12N.HI/c1-7-4-8(2)6-9(3)5-7;/h4-6H,1-3H3;1H/q+1;/p-1. The Labute approximate surface area is 79.1 Å². The van der Waals surface area contributed by atoms with Crippen LogP contribution in [0, 0.1) is 13.8 Å². The summed E-state index contributed by atoms with van der Waals surface area (Å²) in [5.41, 5.74) is 2.63. The van der Waals surface area contributed by atoms with Gasteiger partial charge in [-0.3, -0.25) is 0 Å². The van der Waals surface area contributed by atoms with Gasteiger partial charge in [-0.1, -0.05) is 0 Å². The Hall–Kier alpha value is -0.120. The molecule has 1 rings (SSSR count). The number of rotatable bonds is 0. The lowest BCUT2D eigenvalue weighted by molar-refractivity contribution is -0.672. The lowest BCUT2D eigenvalue weighted by Crippen LogP contribution is -3.00. The van der Waals surface area contributed by atoms with E-state index in [1.54, 1.807) is 0 Å². The molecular formula is C8H12IN. The van der Waals surface area contributed by atoms with Crippen molar-refractivity contribution in [1.82, 2.24) is 0 Å². The molecule has 0 N–H and O–H groups in total. The molecule has 0 bridgehead atoms. The zero-order valence-corrected chi connectivity index (χ0v) is 8.71. The highest BCUT2D eigenvalue weighted by Crippen LogP contribution is 1.95. The van der Waals surface area contributed by atoms with Gasteiger partial charge in [0.2, 0.25) is 0 Å². The molecule has 1 aromatic rings. The second-order valence-electron chi connectivity index (χ2n) is 2.56. The van der Waals surface area contributed by atoms with Gasteiger partial charge < -0.3 is 24.0 Å². The van der Waals surface area contributed by atoms with E-state index in [9.17, 15) is 0 Å². The summed E-state index contributed by atoms with van der Waals surface area (Å²) in [5.74, 6) is 0. The molecule has 0 amide bonds. The molecule has 0 spiro atoms. The van der Waals surface area contributed by atoms with Crippen molar-refractivity contribution in [3.63, 3.8) is 0 Å². The SMILES string of the molecule is Cc1cc(C)c[n+](C)c1.[I-]. The summed E-state index contributed by atoms with van der Waals surface area (Å²) in [4.78, 5) is 0. The van der Waals surface area contributed by atoms with Crippen molar-refractivity contribution in [2.45, 2.75) is 13.8 Å². The van der Waals surface area contributed by atoms with Gasteiger partial charge in [0.15, 0.2) is 12.4 Å². The summed E-state index contributed by atoms with van der Waals surface area (Å²) in [5, 5.41) is 0. The lowest BCUT2D eigenvalue weighted by Gasteiger charge is -1.91. The maximum Gasteiger partial charge on any atom is 0.171 e. The van der Waals surface area contributed by atoms with Crippen molar-refractivity contribution in [1.29, 1.82) is 0 Å². The van der Waals surface area contributed by atoms with Crippen LogP contribution in [-0.4, -0.2) is 0 Å². The largest absolute Gasteiger partial charge is 1.00 e. The lowest BCUT2D eigenvalue weighted by atomic mass is 10.2. The normalized spacial score (nSPS) is 8.70. The quantitative estimate of drug-likeness (QED) is 0.375. The van der Waals surface area contributed by atoms with Gasteiger partial charge in [0.25, 0.3) is 0 Å². The average Bonchev–Trinajstić information content (AvgIpc) is 1.59. The van der Waals surface area contributed by atoms with Crippen LogP contribution < -0.4 is 28.5 Å². The molecule has 2 heteroatoms. The molecule has 0 unspecified atom stereocenters. The molecule has 0 aromatic carbocycles. The second kappa shape index (κ2) is 3.91. The topological polar surface area (TPSA) is 3.88 Å². The zero-order valence-electron chi connectivity index (χ0n) is 6.56. The highest BCUT2D eigenvalue weighted by Gasteiger charge is 1.93. The Kier molecular flexibility index (Phi) is 3.86. The first-order valence-corrected chi connectivity index (χ1v) is 3.12. The van der Waals surface area contributed by atoms with Crippen LogP contribution in [0.3, 0.4) is 0 Å². The van der Waals surface area contributed by atoms with Crippen LogP contribution in [0.1, 0.15) is 11.1 Å². The fourth-order valence-corrected chi connectivity index (χ4v) is 1.11. The van der Waals surface area contributed by atoms with Crippen molar-refractivity contribution >= 4 is 0 Å². The minimum atomic E-state index is 0. The number of halogens is 1. The van der Waals surface area contributed by atoms with Gasteiger partial charge in [0.05, 0.1) is 0 Å². The van der Waals surface area contributed by atoms with Gasteiger partial charge in [-0.15, -0.1) is 0 Å². The summed E-state index contributed by atoms with van der Waals surface area (Å²) < 4.78 is 2.07. The van der Waals surface area contributed by atoms with Crippen LogP contribution in [0.15, 0.2) is 18.5 Å². The molecule has 0 aliphatic heterocycles. The summed E-state index contributed by atoms with van der Waals surface area (Å²) >= 11 is 0. The monoisotopic (exact) mass is 249 g/mol. The van der Waals surface area contributed by atoms with Crippen molar-refractivity contribution in [2.75, 3.05) is 0 Å². The van der Waals surface area contributed by atoms with E-state index < -0.39 is 0 Å². The first kappa shape index (κ1) is 9.88. The number of hydrogen-bond acceptors (Lipinski definition) is 0. The predicted molar refractivity (Wildman–Crippen MR) is 37.1 cm³/mol. The van der Waals surface area contributed by atoms with Crippen LogP contribution in [0.2, 0.25) is 0 Å². The third-order valence-corrected chi connectivity index (χ3v) is 1.27. The van der Waals surface area contributed by atoms with Gasteiger partial charge >= 0.3 is 0 Å². The molecule has 10 heavy (non-hydrogen) atoms. The third-order valence-electron chi connectivity index (χ3n) is 1.27. The smallest absolute Gasteiger partial charge is 0.171 e. The summed E-state index contributed by atoms with van der Waals surface area (Å²) in [7, 11) is 2.04. The highest BCUT2D eigenvalue weighted by molar-refractivity contribution is 5.11. The fourth-order valence-electron chi connectivity index (χ4n) is 1.11. The Morgan fingerprint density at radius 2 is 1.50 bits per heavy atom. The minimum Gasteiger partial charge on any atom is -1.00 e.